The maximum absolute atomic E-state index is 13.5. The van der Waals surface area contributed by atoms with E-state index in [-0.39, 0.29) is 19.2 Å². The van der Waals surface area contributed by atoms with Crippen LogP contribution in [0.4, 0.5) is 18.0 Å². The lowest BCUT2D eigenvalue weighted by atomic mass is 10.0. The van der Waals surface area contributed by atoms with Gasteiger partial charge in [-0.2, -0.15) is 4.39 Å². The Morgan fingerprint density at radius 1 is 1.29 bits per heavy atom. The Kier molecular flexibility index (Phi) is 7.62. The smallest absolute Gasteiger partial charge is 0.315 e. The fraction of sp³-hybridized carbons (Fsp3) is 0.200. The summed E-state index contributed by atoms with van der Waals surface area (Å²) in [5.74, 6) is -4.73. The van der Waals surface area contributed by atoms with Gasteiger partial charge in [0.15, 0.2) is 17.4 Å². The van der Waals surface area contributed by atoms with Crippen LogP contribution in [0.5, 0.6) is 5.75 Å². The van der Waals surface area contributed by atoms with Crippen LogP contribution in [0, 0.1) is 17.5 Å². The molecule has 1 aromatic heterocycles. The van der Waals surface area contributed by atoms with Crippen molar-refractivity contribution in [2.24, 2.45) is 0 Å². The van der Waals surface area contributed by atoms with Gasteiger partial charge in [-0.15, -0.1) is 0 Å². The van der Waals surface area contributed by atoms with E-state index in [0.717, 1.165) is 23.3 Å². The number of nitrogens with zero attached hydrogens (tertiary/aromatic N) is 1. The van der Waals surface area contributed by atoms with E-state index in [1.54, 1.807) is 30.6 Å². The van der Waals surface area contributed by atoms with Crippen molar-refractivity contribution in [3.05, 3.63) is 77.9 Å². The maximum atomic E-state index is 13.5. The van der Waals surface area contributed by atoms with E-state index in [2.05, 4.69) is 22.2 Å². The average Bonchev–Trinajstić information content (AvgIpc) is 2.69. The van der Waals surface area contributed by atoms with Crippen LogP contribution in [-0.2, 0) is 0 Å². The van der Waals surface area contributed by atoms with E-state index in [1.807, 2.05) is 13.0 Å². The molecule has 1 heterocycles. The van der Waals surface area contributed by atoms with Gasteiger partial charge in [0.1, 0.15) is 6.61 Å². The van der Waals surface area contributed by atoms with Crippen LogP contribution in [0.2, 0.25) is 0 Å². The van der Waals surface area contributed by atoms with Crippen LogP contribution < -0.4 is 15.4 Å². The molecule has 2 amide bonds. The van der Waals surface area contributed by atoms with Crippen LogP contribution in [0.25, 0.3) is 6.08 Å². The number of nitrogens with one attached hydrogen (secondary N) is 2. The molecule has 2 aromatic rings. The fourth-order valence-corrected chi connectivity index (χ4v) is 2.39. The number of hydrogen-bond acceptors (Lipinski definition) is 3. The lowest BCUT2D eigenvalue weighted by molar-refractivity contribution is 0.232. The predicted octanol–water partition coefficient (Wildman–Crippen LogP) is 4.14. The highest BCUT2D eigenvalue weighted by atomic mass is 19.2. The number of hydrogen-bond donors (Lipinski definition) is 2. The lowest BCUT2D eigenvalue weighted by Crippen LogP contribution is -2.39. The first-order valence-corrected chi connectivity index (χ1v) is 8.47. The van der Waals surface area contributed by atoms with Crippen molar-refractivity contribution >= 4 is 12.1 Å². The number of benzene rings is 1. The van der Waals surface area contributed by atoms with E-state index in [4.69, 9.17) is 4.74 Å². The third kappa shape index (κ3) is 5.60. The summed E-state index contributed by atoms with van der Waals surface area (Å²) in [4.78, 5) is 16.1. The summed E-state index contributed by atoms with van der Waals surface area (Å²) < 4.78 is 44.5. The molecule has 0 aliphatic rings. The minimum Gasteiger partial charge on any atom is -0.489 e. The van der Waals surface area contributed by atoms with Gasteiger partial charge in [0, 0.05) is 12.4 Å². The second-order valence-electron chi connectivity index (χ2n) is 5.74. The van der Waals surface area contributed by atoms with Crippen molar-refractivity contribution in [3.63, 3.8) is 0 Å². The number of rotatable bonds is 8. The van der Waals surface area contributed by atoms with Gasteiger partial charge in [0.2, 0.25) is 5.82 Å². The number of carbonyl (C=O) groups is 1. The Balaban J connectivity index is 1.84. The molecule has 0 bridgehead atoms. The Labute approximate surface area is 160 Å². The average molecular weight is 391 g/mol. The van der Waals surface area contributed by atoms with Crippen LogP contribution in [-0.4, -0.2) is 24.2 Å². The standard InChI is InChI=1S/C20H20F3N3O2/c1-3-4-5-14-12-24-9-8-15(14)13(2)26-20(27)25-10-11-28-17-7-6-16(21)18(22)19(17)23/h3-9,12-13H,1,10-11H2,2H3,(H2,25,26,27)/b5-4-. The zero-order valence-corrected chi connectivity index (χ0v) is 15.2. The summed E-state index contributed by atoms with van der Waals surface area (Å²) >= 11 is 0. The first-order valence-electron chi connectivity index (χ1n) is 8.47. The zero-order valence-electron chi connectivity index (χ0n) is 15.2. The first kappa shape index (κ1) is 21.0. The van der Waals surface area contributed by atoms with Gasteiger partial charge in [0.25, 0.3) is 0 Å². The van der Waals surface area contributed by atoms with Gasteiger partial charge < -0.3 is 15.4 Å². The number of halogens is 3. The molecule has 0 spiro atoms. The van der Waals surface area contributed by atoms with Crippen molar-refractivity contribution in [1.82, 2.24) is 15.6 Å². The maximum Gasteiger partial charge on any atom is 0.315 e. The summed E-state index contributed by atoms with van der Waals surface area (Å²) in [6.07, 6.45) is 8.53. The molecule has 8 heteroatoms. The molecule has 0 aliphatic heterocycles. The number of aromatic nitrogens is 1. The summed E-state index contributed by atoms with van der Waals surface area (Å²) in [5.41, 5.74) is 1.70. The zero-order chi connectivity index (χ0) is 20.5. The Bertz CT molecular complexity index is 872. The van der Waals surface area contributed by atoms with Gasteiger partial charge >= 0.3 is 6.03 Å². The molecule has 1 aromatic carbocycles. The van der Waals surface area contributed by atoms with Crippen molar-refractivity contribution in [2.75, 3.05) is 13.2 Å². The van der Waals surface area contributed by atoms with Crippen LogP contribution in [0.15, 0.2) is 49.3 Å². The molecule has 2 rings (SSSR count). The second-order valence-corrected chi connectivity index (χ2v) is 5.74. The summed E-state index contributed by atoms with van der Waals surface area (Å²) in [7, 11) is 0. The summed E-state index contributed by atoms with van der Waals surface area (Å²) in [6.45, 7) is 5.35. The Morgan fingerprint density at radius 2 is 2.07 bits per heavy atom. The minimum absolute atomic E-state index is 0.0383. The lowest BCUT2D eigenvalue weighted by Gasteiger charge is -2.17. The third-order valence-electron chi connectivity index (χ3n) is 3.76. The fourth-order valence-electron chi connectivity index (χ4n) is 2.39. The molecule has 5 nitrogen and oxygen atoms in total. The first-order chi connectivity index (χ1) is 13.4. The number of pyridine rings is 1. The number of ether oxygens (including phenoxy) is 1. The molecule has 1 unspecified atom stereocenters. The molecule has 1 atom stereocenters. The SMILES string of the molecule is C=C/C=C\c1cnccc1C(C)NC(=O)NCCOc1ccc(F)c(F)c1F. The van der Waals surface area contributed by atoms with Crippen molar-refractivity contribution < 1.29 is 22.7 Å². The highest BCUT2D eigenvalue weighted by Crippen LogP contribution is 2.21. The van der Waals surface area contributed by atoms with Gasteiger partial charge in [-0.3, -0.25) is 4.98 Å². The normalized spacial score (nSPS) is 11.9. The number of urea groups is 1. The van der Waals surface area contributed by atoms with Gasteiger partial charge in [0.05, 0.1) is 12.6 Å². The Morgan fingerprint density at radius 3 is 2.82 bits per heavy atom. The van der Waals surface area contributed by atoms with Crippen molar-refractivity contribution in [2.45, 2.75) is 13.0 Å². The number of carbonyl (C=O) groups excluding carboxylic acids is 1. The topological polar surface area (TPSA) is 63.2 Å². The van der Waals surface area contributed by atoms with E-state index >= 15 is 0 Å². The summed E-state index contributed by atoms with van der Waals surface area (Å²) in [5, 5.41) is 5.31. The molecule has 148 valence electrons. The van der Waals surface area contributed by atoms with Gasteiger partial charge in [-0.25, -0.2) is 13.6 Å². The second kappa shape index (κ2) is 10.1. The van der Waals surface area contributed by atoms with E-state index in [9.17, 15) is 18.0 Å². The monoisotopic (exact) mass is 391 g/mol. The molecular formula is C20H20F3N3O2. The molecule has 28 heavy (non-hydrogen) atoms. The Hall–Kier alpha value is -3.29. The highest BCUT2D eigenvalue weighted by Gasteiger charge is 2.15. The minimum atomic E-state index is -1.60. The van der Waals surface area contributed by atoms with Crippen LogP contribution in [0.1, 0.15) is 24.1 Å². The van der Waals surface area contributed by atoms with Crippen LogP contribution >= 0.6 is 0 Å². The van der Waals surface area contributed by atoms with Crippen molar-refractivity contribution in [1.29, 1.82) is 0 Å². The molecule has 0 aliphatic carbocycles. The van der Waals surface area contributed by atoms with E-state index in [1.165, 1.54) is 0 Å². The molecule has 0 fully saturated rings. The highest BCUT2D eigenvalue weighted by molar-refractivity contribution is 5.74. The van der Waals surface area contributed by atoms with Crippen LogP contribution in [0.3, 0.4) is 0 Å². The molecule has 0 radical (unpaired) electrons. The predicted molar refractivity (Wildman–Crippen MR) is 100 cm³/mol. The van der Waals surface area contributed by atoms with E-state index in [0.29, 0.717) is 0 Å². The number of amides is 2. The van der Waals surface area contributed by atoms with Gasteiger partial charge in [-0.05, 0) is 36.2 Å². The summed E-state index contributed by atoms with van der Waals surface area (Å²) in [6, 6.07) is 2.78. The molecule has 0 saturated carbocycles. The van der Waals surface area contributed by atoms with Crippen molar-refractivity contribution in [3.8, 4) is 5.75 Å². The van der Waals surface area contributed by atoms with Gasteiger partial charge in [-0.1, -0.05) is 24.8 Å². The molecular weight excluding hydrogens is 371 g/mol. The molecule has 0 saturated heterocycles. The third-order valence-corrected chi connectivity index (χ3v) is 3.76. The largest absolute Gasteiger partial charge is 0.489 e. The quantitative estimate of drug-likeness (QED) is 0.404. The molecule has 2 N–H and O–H groups in total. The number of allylic oxidation sites excluding steroid dienone is 2. The van der Waals surface area contributed by atoms with E-state index < -0.39 is 29.2 Å².